The number of likely N-dealkylation sites (tertiary alicyclic amines) is 1. The van der Waals surface area contributed by atoms with Crippen LogP contribution in [0.2, 0.25) is 0 Å². The van der Waals surface area contributed by atoms with Crippen LogP contribution in [0.5, 0.6) is 0 Å². The van der Waals surface area contributed by atoms with Gasteiger partial charge in [0.15, 0.2) is 0 Å². The highest BCUT2D eigenvalue weighted by molar-refractivity contribution is 5.94. The van der Waals surface area contributed by atoms with Crippen molar-refractivity contribution in [2.75, 3.05) is 19.6 Å². The monoisotopic (exact) mass is 343 g/mol. The fraction of sp³-hybridized carbons (Fsp3) is 0.500. The van der Waals surface area contributed by atoms with Gasteiger partial charge in [-0.3, -0.25) is 9.59 Å². The third-order valence-electron chi connectivity index (χ3n) is 4.03. The molecule has 1 atom stereocenters. The molecular weight excluding hydrogens is 321 g/mol. The molecule has 0 radical (unpaired) electrons. The molecule has 2 amide bonds. The first-order valence-corrected chi connectivity index (χ1v) is 7.57. The van der Waals surface area contributed by atoms with Crippen LogP contribution in [-0.4, -0.2) is 42.4 Å². The summed E-state index contributed by atoms with van der Waals surface area (Å²) in [7, 11) is 0. The summed E-state index contributed by atoms with van der Waals surface area (Å²) in [6, 6.07) is 6.04. The number of carbonyl (C=O) groups is 2. The third-order valence-corrected chi connectivity index (χ3v) is 4.03. The Morgan fingerprint density at radius 2 is 1.96 bits per heavy atom. The summed E-state index contributed by atoms with van der Waals surface area (Å²) in [5.74, 6) is -1.06. The quantitative estimate of drug-likeness (QED) is 0.871. The number of benzene rings is 1. The molecule has 0 aromatic heterocycles. The molecular formula is C16H23ClFN3O2. The van der Waals surface area contributed by atoms with Gasteiger partial charge in [-0.15, -0.1) is 12.4 Å². The van der Waals surface area contributed by atoms with Crippen molar-refractivity contribution in [3.63, 3.8) is 0 Å². The van der Waals surface area contributed by atoms with Gasteiger partial charge in [-0.25, -0.2) is 4.39 Å². The molecule has 1 unspecified atom stereocenters. The predicted molar refractivity (Wildman–Crippen MR) is 88.9 cm³/mol. The Labute approximate surface area is 141 Å². The van der Waals surface area contributed by atoms with Gasteiger partial charge in [0.2, 0.25) is 5.91 Å². The molecule has 1 aromatic rings. The van der Waals surface area contributed by atoms with E-state index in [0.29, 0.717) is 32.5 Å². The van der Waals surface area contributed by atoms with Crippen LogP contribution in [0.25, 0.3) is 0 Å². The highest BCUT2D eigenvalue weighted by Crippen LogP contribution is 2.16. The van der Waals surface area contributed by atoms with Gasteiger partial charge in [0.05, 0.1) is 5.56 Å². The lowest BCUT2D eigenvalue weighted by Gasteiger charge is -2.33. The lowest BCUT2D eigenvalue weighted by molar-refractivity contribution is -0.125. The number of carbonyl (C=O) groups excluding carboxylic acids is 2. The molecule has 1 aliphatic heterocycles. The lowest BCUT2D eigenvalue weighted by atomic mass is 10.0. The fourth-order valence-corrected chi connectivity index (χ4v) is 2.48. The Balaban J connectivity index is 0.00000264. The number of hydrogen-bond donors (Lipinski definition) is 2. The zero-order valence-corrected chi connectivity index (χ0v) is 13.9. The first-order chi connectivity index (χ1) is 10.5. The number of rotatable bonds is 4. The first-order valence-electron chi connectivity index (χ1n) is 7.57. The van der Waals surface area contributed by atoms with Crippen LogP contribution in [0.15, 0.2) is 24.3 Å². The van der Waals surface area contributed by atoms with Gasteiger partial charge in [0.1, 0.15) is 5.82 Å². The molecule has 1 heterocycles. The Morgan fingerprint density at radius 3 is 2.52 bits per heavy atom. The summed E-state index contributed by atoms with van der Waals surface area (Å²) >= 11 is 0. The maximum atomic E-state index is 13.7. The van der Waals surface area contributed by atoms with Crippen molar-refractivity contribution >= 4 is 24.2 Å². The average Bonchev–Trinajstić information content (AvgIpc) is 2.54. The summed E-state index contributed by atoms with van der Waals surface area (Å²) in [6.07, 6.45) is 1.34. The van der Waals surface area contributed by atoms with E-state index in [9.17, 15) is 14.0 Å². The van der Waals surface area contributed by atoms with E-state index in [0.717, 1.165) is 0 Å². The van der Waals surface area contributed by atoms with Gasteiger partial charge in [0, 0.05) is 31.6 Å². The summed E-state index contributed by atoms with van der Waals surface area (Å²) in [6.45, 7) is 3.12. The minimum atomic E-state index is -0.500. The van der Waals surface area contributed by atoms with E-state index in [1.165, 1.54) is 12.1 Å². The molecule has 128 valence electrons. The molecule has 1 aromatic carbocycles. The number of amides is 2. The van der Waals surface area contributed by atoms with Crippen molar-refractivity contribution in [1.29, 1.82) is 0 Å². The van der Waals surface area contributed by atoms with E-state index in [4.69, 9.17) is 5.73 Å². The molecule has 1 aliphatic rings. The molecule has 7 heteroatoms. The van der Waals surface area contributed by atoms with E-state index < -0.39 is 5.82 Å². The SMILES string of the molecule is CC(CN)C(=O)NC1CCN(C(=O)c2ccccc2F)CC1.Cl. The minimum Gasteiger partial charge on any atom is -0.353 e. The average molecular weight is 344 g/mol. The van der Waals surface area contributed by atoms with Crippen LogP contribution >= 0.6 is 12.4 Å². The second-order valence-corrected chi connectivity index (χ2v) is 5.69. The van der Waals surface area contributed by atoms with Crippen LogP contribution in [0.3, 0.4) is 0 Å². The normalized spacial score (nSPS) is 16.4. The summed E-state index contributed by atoms with van der Waals surface area (Å²) in [5, 5.41) is 2.95. The smallest absolute Gasteiger partial charge is 0.256 e. The van der Waals surface area contributed by atoms with E-state index >= 15 is 0 Å². The van der Waals surface area contributed by atoms with Gasteiger partial charge in [-0.05, 0) is 25.0 Å². The second-order valence-electron chi connectivity index (χ2n) is 5.69. The molecule has 0 spiro atoms. The molecule has 1 saturated heterocycles. The number of piperidine rings is 1. The first kappa shape index (κ1) is 19.4. The van der Waals surface area contributed by atoms with Gasteiger partial charge in [0.25, 0.3) is 5.91 Å². The number of nitrogens with zero attached hydrogens (tertiary/aromatic N) is 1. The Bertz CT molecular complexity index is 548. The van der Waals surface area contributed by atoms with Crippen molar-refractivity contribution in [3.05, 3.63) is 35.6 Å². The molecule has 0 bridgehead atoms. The van der Waals surface area contributed by atoms with Gasteiger partial charge < -0.3 is 16.0 Å². The summed E-state index contributed by atoms with van der Waals surface area (Å²) in [5.41, 5.74) is 5.57. The van der Waals surface area contributed by atoms with Crippen LogP contribution in [0.1, 0.15) is 30.1 Å². The van der Waals surface area contributed by atoms with Crippen LogP contribution in [0, 0.1) is 11.7 Å². The highest BCUT2D eigenvalue weighted by Gasteiger charge is 2.26. The van der Waals surface area contributed by atoms with Crippen LogP contribution in [0.4, 0.5) is 4.39 Å². The van der Waals surface area contributed by atoms with Gasteiger partial charge >= 0.3 is 0 Å². The molecule has 0 aliphatic carbocycles. The number of hydrogen-bond acceptors (Lipinski definition) is 3. The van der Waals surface area contributed by atoms with Crippen molar-refractivity contribution in [3.8, 4) is 0 Å². The van der Waals surface area contributed by atoms with Crippen molar-refractivity contribution in [1.82, 2.24) is 10.2 Å². The van der Waals surface area contributed by atoms with E-state index in [1.807, 2.05) is 0 Å². The van der Waals surface area contributed by atoms with Crippen molar-refractivity contribution in [2.24, 2.45) is 11.7 Å². The van der Waals surface area contributed by atoms with Gasteiger partial charge in [-0.2, -0.15) is 0 Å². The predicted octanol–water partition coefficient (Wildman–Crippen LogP) is 1.56. The van der Waals surface area contributed by atoms with E-state index in [2.05, 4.69) is 5.32 Å². The maximum absolute atomic E-state index is 13.7. The second kappa shape index (κ2) is 8.84. The Hall–Kier alpha value is -1.66. The van der Waals surface area contributed by atoms with Crippen molar-refractivity contribution in [2.45, 2.75) is 25.8 Å². The maximum Gasteiger partial charge on any atom is 0.256 e. The van der Waals surface area contributed by atoms with E-state index in [1.54, 1.807) is 24.0 Å². The van der Waals surface area contributed by atoms with Crippen LogP contribution < -0.4 is 11.1 Å². The lowest BCUT2D eigenvalue weighted by Crippen LogP contribution is -2.48. The zero-order chi connectivity index (χ0) is 16.1. The largest absolute Gasteiger partial charge is 0.353 e. The molecule has 3 N–H and O–H groups in total. The molecule has 23 heavy (non-hydrogen) atoms. The molecule has 0 saturated carbocycles. The number of nitrogens with two attached hydrogens (primary N) is 1. The minimum absolute atomic E-state index is 0. The third kappa shape index (κ3) is 4.91. The summed E-state index contributed by atoms with van der Waals surface area (Å²) in [4.78, 5) is 25.7. The highest BCUT2D eigenvalue weighted by atomic mass is 35.5. The van der Waals surface area contributed by atoms with Crippen LogP contribution in [-0.2, 0) is 4.79 Å². The van der Waals surface area contributed by atoms with Gasteiger partial charge in [-0.1, -0.05) is 19.1 Å². The zero-order valence-electron chi connectivity index (χ0n) is 13.1. The summed E-state index contributed by atoms with van der Waals surface area (Å²) < 4.78 is 13.7. The standard InChI is InChI=1S/C16H22FN3O2.ClH/c1-11(10-18)15(21)19-12-6-8-20(9-7-12)16(22)13-4-2-3-5-14(13)17;/h2-5,11-12H,6-10,18H2,1H3,(H,19,21);1H. The molecule has 5 nitrogen and oxygen atoms in total. The number of halogens is 2. The Morgan fingerprint density at radius 1 is 1.35 bits per heavy atom. The Kier molecular flexibility index (Phi) is 7.45. The topological polar surface area (TPSA) is 75.4 Å². The van der Waals surface area contributed by atoms with Crippen molar-refractivity contribution < 1.29 is 14.0 Å². The number of nitrogens with one attached hydrogen (secondary N) is 1. The molecule has 2 rings (SSSR count). The van der Waals surface area contributed by atoms with E-state index in [-0.39, 0.29) is 41.7 Å². The molecule has 1 fully saturated rings. The fourth-order valence-electron chi connectivity index (χ4n) is 2.48.